The molecular formula is C11H9N3O2. The minimum absolute atomic E-state index is 0.182. The molecule has 0 aliphatic rings. The summed E-state index contributed by atoms with van der Waals surface area (Å²) in [7, 11) is 0. The molecule has 0 spiro atoms. The molecule has 2 rings (SSSR count). The van der Waals surface area contributed by atoms with E-state index < -0.39 is 0 Å². The highest BCUT2D eigenvalue weighted by atomic mass is 16.3. The van der Waals surface area contributed by atoms with Crippen molar-refractivity contribution in [1.82, 2.24) is 15.5 Å². The van der Waals surface area contributed by atoms with Crippen molar-refractivity contribution in [3.63, 3.8) is 0 Å². The highest BCUT2D eigenvalue weighted by molar-refractivity contribution is 5.93. The van der Waals surface area contributed by atoms with Crippen molar-refractivity contribution >= 4 is 5.91 Å². The van der Waals surface area contributed by atoms with Crippen molar-refractivity contribution in [2.24, 2.45) is 0 Å². The Morgan fingerprint density at radius 3 is 3.25 bits per heavy atom. The Labute approximate surface area is 91.9 Å². The summed E-state index contributed by atoms with van der Waals surface area (Å²) in [5, 5.41) is 9.09. The van der Waals surface area contributed by atoms with Gasteiger partial charge in [-0.05, 0) is 12.1 Å². The SMILES string of the molecule is C#CCNC(=O)c1cc(-c2ccco2)[nH]n1. The number of aromatic nitrogens is 2. The summed E-state index contributed by atoms with van der Waals surface area (Å²) >= 11 is 0. The molecule has 80 valence electrons. The molecular weight excluding hydrogens is 206 g/mol. The van der Waals surface area contributed by atoms with Gasteiger partial charge in [0, 0.05) is 6.07 Å². The maximum atomic E-state index is 11.5. The van der Waals surface area contributed by atoms with Gasteiger partial charge in [0.15, 0.2) is 11.5 Å². The fourth-order valence-corrected chi connectivity index (χ4v) is 1.22. The summed E-state index contributed by atoms with van der Waals surface area (Å²) in [6.45, 7) is 0.182. The van der Waals surface area contributed by atoms with E-state index >= 15 is 0 Å². The summed E-state index contributed by atoms with van der Waals surface area (Å²) < 4.78 is 5.16. The van der Waals surface area contributed by atoms with Gasteiger partial charge in [-0.2, -0.15) is 5.10 Å². The lowest BCUT2D eigenvalue weighted by Crippen LogP contribution is -2.23. The van der Waals surface area contributed by atoms with Crippen LogP contribution in [0.2, 0.25) is 0 Å². The molecule has 0 aromatic carbocycles. The van der Waals surface area contributed by atoms with E-state index in [-0.39, 0.29) is 18.1 Å². The molecule has 0 bridgehead atoms. The zero-order chi connectivity index (χ0) is 11.4. The summed E-state index contributed by atoms with van der Waals surface area (Å²) in [6, 6.07) is 5.13. The predicted molar refractivity (Wildman–Crippen MR) is 57.5 cm³/mol. The maximum Gasteiger partial charge on any atom is 0.272 e. The summed E-state index contributed by atoms with van der Waals surface area (Å²) in [6.07, 6.45) is 6.58. The van der Waals surface area contributed by atoms with Crippen LogP contribution in [0.25, 0.3) is 11.5 Å². The molecule has 5 nitrogen and oxygen atoms in total. The first-order valence-corrected chi connectivity index (χ1v) is 4.62. The Morgan fingerprint density at radius 1 is 1.69 bits per heavy atom. The highest BCUT2D eigenvalue weighted by Gasteiger charge is 2.11. The molecule has 0 unspecified atom stereocenters. The molecule has 0 aliphatic heterocycles. The molecule has 5 heteroatoms. The normalized spacial score (nSPS) is 9.69. The quantitative estimate of drug-likeness (QED) is 0.751. The van der Waals surface area contributed by atoms with E-state index in [1.807, 2.05) is 0 Å². The summed E-state index contributed by atoms with van der Waals surface area (Å²) in [4.78, 5) is 11.5. The van der Waals surface area contributed by atoms with Gasteiger partial charge in [-0.1, -0.05) is 5.92 Å². The van der Waals surface area contributed by atoms with Gasteiger partial charge < -0.3 is 9.73 Å². The third-order valence-corrected chi connectivity index (χ3v) is 1.95. The van der Waals surface area contributed by atoms with Crippen molar-refractivity contribution in [3.05, 3.63) is 30.2 Å². The van der Waals surface area contributed by atoms with Crippen molar-refractivity contribution in [2.75, 3.05) is 6.54 Å². The highest BCUT2D eigenvalue weighted by Crippen LogP contribution is 2.17. The maximum absolute atomic E-state index is 11.5. The molecule has 2 N–H and O–H groups in total. The number of nitrogens with one attached hydrogen (secondary N) is 2. The van der Waals surface area contributed by atoms with E-state index in [9.17, 15) is 4.79 Å². The first-order valence-electron chi connectivity index (χ1n) is 4.62. The van der Waals surface area contributed by atoms with Crippen molar-refractivity contribution in [2.45, 2.75) is 0 Å². The molecule has 0 saturated carbocycles. The van der Waals surface area contributed by atoms with Gasteiger partial charge in [0.2, 0.25) is 0 Å². The van der Waals surface area contributed by atoms with Crippen LogP contribution in [-0.4, -0.2) is 22.6 Å². The lowest BCUT2D eigenvalue weighted by atomic mass is 10.3. The number of hydrogen-bond donors (Lipinski definition) is 2. The Bertz CT molecular complexity index is 520. The number of hydrogen-bond acceptors (Lipinski definition) is 3. The fourth-order valence-electron chi connectivity index (χ4n) is 1.22. The Balaban J connectivity index is 2.14. The number of furan rings is 1. The Kier molecular flexibility index (Phi) is 2.74. The van der Waals surface area contributed by atoms with Gasteiger partial charge in [-0.3, -0.25) is 9.89 Å². The molecule has 2 aromatic rings. The average molecular weight is 215 g/mol. The Hall–Kier alpha value is -2.48. The van der Waals surface area contributed by atoms with Gasteiger partial charge in [0.25, 0.3) is 5.91 Å². The molecule has 1 amide bonds. The van der Waals surface area contributed by atoms with E-state index in [0.29, 0.717) is 11.5 Å². The largest absolute Gasteiger partial charge is 0.463 e. The number of aromatic amines is 1. The van der Waals surface area contributed by atoms with Gasteiger partial charge in [-0.25, -0.2) is 0 Å². The molecule has 0 aliphatic carbocycles. The zero-order valence-corrected chi connectivity index (χ0v) is 8.36. The van der Waals surface area contributed by atoms with Crippen molar-refractivity contribution in [3.8, 4) is 23.8 Å². The average Bonchev–Trinajstić information content (AvgIpc) is 2.94. The molecule has 0 atom stereocenters. The lowest BCUT2D eigenvalue weighted by molar-refractivity contribution is 0.0953. The molecule has 0 fully saturated rings. The number of amides is 1. The molecule has 2 heterocycles. The van der Waals surface area contributed by atoms with Crippen LogP contribution in [0, 0.1) is 12.3 Å². The zero-order valence-electron chi connectivity index (χ0n) is 8.36. The lowest BCUT2D eigenvalue weighted by Gasteiger charge is -1.94. The van der Waals surface area contributed by atoms with E-state index in [0.717, 1.165) is 0 Å². The van der Waals surface area contributed by atoms with E-state index in [1.165, 1.54) is 0 Å². The van der Waals surface area contributed by atoms with E-state index in [1.54, 1.807) is 24.5 Å². The molecule has 2 aromatic heterocycles. The standard InChI is InChI=1S/C11H9N3O2/c1-2-5-12-11(15)9-7-8(13-14-9)10-4-3-6-16-10/h1,3-4,6-7H,5H2,(H,12,15)(H,13,14). The van der Waals surface area contributed by atoms with Gasteiger partial charge >= 0.3 is 0 Å². The van der Waals surface area contributed by atoms with Crippen LogP contribution in [-0.2, 0) is 0 Å². The first kappa shape index (κ1) is 10.1. The Morgan fingerprint density at radius 2 is 2.56 bits per heavy atom. The summed E-state index contributed by atoms with van der Waals surface area (Å²) in [5.74, 6) is 2.63. The van der Waals surface area contributed by atoms with Crippen molar-refractivity contribution < 1.29 is 9.21 Å². The van der Waals surface area contributed by atoms with Crippen LogP contribution < -0.4 is 5.32 Å². The third-order valence-electron chi connectivity index (χ3n) is 1.95. The topological polar surface area (TPSA) is 70.9 Å². The second-order valence-electron chi connectivity index (χ2n) is 3.03. The van der Waals surface area contributed by atoms with Crippen LogP contribution in [0.1, 0.15) is 10.5 Å². The number of carbonyl (C=O) groups excluding carboxylic acids is 1. The van der Waals surface area contributed by atoms with E-state index in [4.69, 9.17) is 10.8 Å². The first-order chi connectivity index (χ1) is 7.81. The monoisotopic (exact) mass is 215 g/mol. The predicted octanol–water partition coefficient (Wildman–Crippen LogP) is 1.03. The van der Waals surface area contributed by atoms with E-state index in [2.05, 4.69) is 21.4 Å². The van der Waals surface area contributed by atoms with Crippen LogP contribution in [0.4, 0.5) is 0 Å². The number of H-pyrrole nitrogens is 1. The molecule has 0 radical (unpaired) electrons. The third kappa shape index (κ3) is 1.96. The van der Waals surface area contributed by atoms with Crippen LogP contribution >= 0.6 is 0 Å². The van der Waals surface area contributed by atoms with Gasteiger partial charge in [0.1, 0.15) is 5.69 Å². The minimum atomic E-state index is -0.313. The van der Waals surface area contributed by atoms with Gasteiger partial charge in [0.05, 0.1) is 12.8 Å². The number of nitrogens with zero attached hydrogens (tertiary/aromatic N) is 1. The summed E-state index contributed by atoms with van der Waals surface area (Å²) in [5.41, 5.74) is 0.928. The van der Waals surface area contributed by atoms with Crippen LogP contribution in [0.3, 0.4) is 0 Å². The number of terminal acetylenes is 1. The second-order valence-corrected chi connectivity index (χ2v) is 3.03. The molecule has 16 heavy (non-hydrogen) atoms. The smallest absolute Gasteiger partial charge is 0.272 e. The van der Waals surface area contributed by atoms with Crippen LogP contribution in [0.5, 0.6) is 0 Å². The minimum Gasteiger partial charge on any atom is -0.463 e. The number of carbonyl (C=O) groups is 1. The van der Waals surface area contributed by atoms with Crippen molar-refractivity contribution in [1.29, 1.82) is 0 Å². The number of rotatable bonds is 3. The second kappa shape index (κ2) is 4.36. The molecule has 0 saturated heterocycles. The van der Waals surface area contributed by atoms with Gasteiger partial charge in [-0.15, -0.1) is 6.42 Å². The fraction of sp³-hybridized carbons (Fsp3) is 0.0909. The van der Waals surface area contributed by atoms with Crippen LogP contribution in [0.15, 0.2) is 28.9 Å².